The zero-order chi connectivity index (χ0) is 23.5. The van der Waals surface area contributed by atoms with Crippen LogP contribution in [0.15, 0.2) is 72.8 Å². The van der Waals surface area contributed by atoms with Crippen molar-refractivity contribution in [3.63, 3.8) is 0 Å². The molecule has 1 N–H and O–H groups in total. The Labute approximate surface area is 210 Å². The van der Waals surface area contributed by atoms with Crippen molar-refractivity contribution in [3.05, 3.63) is 84.1 Å². The number of anilines is 1. The molecular weight excluding hydrogens is 450 g/mol. The molecule has 6 rings (SSSR count). The van der Waals surface area contributed by atoms with Crippen LogP contribution in [0.4, 0.5) is 5.69 Å². The van der Waals surface area contributed by atoms with Crippen LogP contribution in [0.3, 0.4) is 0 Å². The largest absolute Gasteiger partial charge is 0.494 e. The predicted molar refractivity (Wildman–Crippen MR) is 147 cm³/mol. The van der Waals surface area contributed by atoms with Crippen molar-refractivity contribution in [1.82, 2.24) is 9.97 Å². The van der Waals surface area contributed by atoms with Crippen molar-refractivity contribution in [3.8, 4) is 16.3 Å². The molecule has 5 heteroatoms. The molecule has 0 atom stereocenters. The van der Waals surface area contributed by atoms with Gasteiger partial charge in [0.25, 0.3) is 0 Å². The van der Waals surface area contributed by atoms with Gasteiger partial charge in [-0.2, -0.15) is 0 Å². The van der Waals surface area contributed by atoms with E-state index in [-0.39, 0.29) is 0 Å². The number of thiazole rings is 1. The molecule has 2 heterocycles. The fraction of sp³-hybridized carbons (Fsp3) is 0.267. The lowest BCUT2D eigenvalue weighted by Crippen LogP contribution is -2.12. The molecule has 0 fully saturated rings. The number of hydrogen-bond donors (Lipinski definition) is 1. The first kappa shape index (κ1) is 22.1. The first-order valence-corrected chi connectivity index (χ1v) is 13.4. The molecule has 4 nitrogen and oxygen atoms in total. The van der Waals surface area contributed by atoms with E-state index in [1.54, 1.807) is 11.3 Å². The molecule has 1 aliphatic carbocycles. The first-order valence-electron chi connectivity index (χ1n) is 12.6. The van der Waals surface area contributed by atoms with Gasteiger partial charge in [0.05, 0.1) is 22.3 Å². The molecule has 0 bridgehead atoms. The van der Waals surface area contributed by atoms with Crippen LogP contribution in [0.1, 0.15) is 36.9 Å². The van der Waals surface area contributed by atoms with Crippen LogP contribution in [0, 0.1) is 0 Å². The standard InChI is InChI=1S/C30H29N3OS/c1-3-11-25-23(9-1)29(24-10-2-4-12-26(24)32-25)31-19-7-8-20-34-22-17-15-21(16-18-22)30-33-27-13-5-6-14-28(27)35-30/h1,3,5-6,9,11,13-18H,2,4,7-8,10,12,19-20H2,(H,31,32). The molecule has 176 valence electrons. The van der Waals surface area contributed by atoms with Gasteiger partial charge in [-0.05, 0) is 86.6 Å². The number of fused-ring (bicyclic) bond motifs is 3. The molecule has 0 saturated heterocycles. The van der Waals surface area contributed by atoms with Gasteiger partial charge >= 0.3 is 0 Å². The van der Waals surface area contributed by atoms with Crippen LogP contribution in [0.5, 0.6) is 5.75 Å². The van der Waals surface area contributed by atoms with E-state index in [9.17, 15) is 0 Å². The van der Waals surface area contributed by atoms with Gasteiger partial charge in [0.2, 0.25) is 0 Å². The topological polar surface area (TPSA) is 47.0 Å². The monoisotopic (exact) mass is 479 g/mol. The summed E-state index contributed by atoms with van der Waals surface area (Å²) < 4.78 is 7.23. The molecule has 1 aliphatic rings. The van der Waals surface area contributed by atoms with Crippen LogP contribution in [0.2, 0.25) is 0 Å². The molecule has 5 aromatic rings. The number of pyridine rings is 1. The highest BCUT2D eigenvalue weighted by Gasteiger charge is 2.17. The zero-order valence-corrected chi connectivity index (χ0v) is 20.6. The number of nitrogens with zero attached hydrogens (tertiary/aromatic N) is 2. The Hall–Kier alpha value is -3.44. The van der Waals surface area contributed by atoms with Crippen molar-refractivity contribution < 1.29 is 4.74 Å². The fourth-order valence-corrected chi connectivity index (χ4v) is 5.87. The summed E-state index contributed by atoms with van der Waals surface area (Å²) in [6.45, 7) is 1.66. The van der Waals surface area contributed by atoms with E-state index < -0.39 is 0 Å². The maximum Gasteiger partial charge on any atom is 0.124 e. The third-order valence-corrected chi connectivity index (χ3v) is 7.79. The second-order valence-corrected chi connectivity index (χ2v) is 10.2. The molecular formula is C30H29N3OS. The molecule has 35 heavy (non-hydrogen) atoms. The van der Waals surface area contributed by atoms with Crippen LogP contribution >= 0.6 is 11.3 Å². The molecule has 0 saturated carbocycles. The highest BCUT2D eigenvalue weighted by atomic mass is 32.1. The Morgan fingerprint density at radius 2 is 1.60 bits per heavy atom. The van der Waals surface area contributed by atoms with E-state index >= 15 is 0 Å². The van der Waals surface area contributed by atoms with Gasteiger partial charge in [-0.25, -0.2) is 4.98 Å². The van der Waals surface area contributed by atoms with Gasteiger partial charge in [0.1, 0.15) is 10.8 Å². The molecule has 0 spiro atoms. The first-order chi connectivity index (χ1) is 17.3. The summed E-state index contributed by atoms with van der Waals surface area (Å²) in [5.74, 6) is 0.914. The number of ether oxygens (including phenoxy) is 1. The van der Waals surface area contributed by atoms with Crippen molar-refractivity contribution in [2.24, 2.45) is 0 Å². The summed E-state index contributed by atoms with van der Waals surface area (Å²) in [7, 11) is 0. The minimum Gasteiger partial charge on any atom is -0.494 e. The number of aromatic nitrogens is 2. The quantitative estimate of drug-likeness (QED) is 0.232. The molecule has 2 aromatic heterocycles. The van der Waals surface area contributed by atoms with Gasteiger partial charge in [-0.15, -0.1) is 11.3 Å². The molecule has 3 aromatic carbocycles. The molecule has 0 aliphatic heterocycles. The Balaban J connectivity index is 1.02. The molecule has 0 radical (unpaired) electrons. The average molecular weight is 480 g/mol. The number of para-hydroxylation sites is 2. The van der Waals surface area contributed by atoms with Crippen molar-refractivity contribution in [2.45, 2.75) is 38.5 Å². The lowest BCUT2D eigenvalue weighted by molar-refractivity contribution is 0.308. The summed E-state index contributed by atoms with van der Waals surface area (Å²) in [6.07, 6.45) is 6.81. The van der Waals surface area contributed by atoms with E-state index in [4.69, 9.17) is 14.7 Å². The SMILES string of the molecule is c1ccc2sc(-c3ccc(OCCCCNc4c5c(nc6ccccc46)CCCC5)cc3)nc2c1. The second kappa shape index (κ2) is 10.0. The lowest BCUT2D eigenvalue weighted by atomic mass is 9.92. The molecule has 0 amide bonds. The highest BCUT2D eigenvalue weighted by molar-refractivity contribution is 7.21. The van der Waals surface area contributed by atoms with E-state index in [1.807, 2.05) is 6.07 Å². The van der Waals surface area contributed by atoms with Gasteiger partial charge in [0.15, 0.2) is 0 Å². The van der Waals surface area contributed by atoms with E-state index in [1.165, 1.54) is 39.9 Å². The maximum atomic E-state index is 6.01. The lowest BCUT2D eigenvalue weighted by Gasteiger charge is -2.21. The van der Waals surface area contributed by atoms with Crippen molar-refractivity contribution in [2.75, 3.05) is 18.5 Å². The smallest absolute Gasteiger partial charge is 0.124 e. The summed E-state index contributed by atoms with van der Waals surface area (Å²) >= 11 is 1.73. The summed E-state index contributed by atoms with van der Waals surface area (Å²) in [5, 5.41) is 6.05. The highest BCUT2D eigenvalue weighted by Crippen LogP contribution is 2.33. The number of aryl methyl sites for hydroxylation is 1. The van der Waals surface area contributed by atoms with E-state index in [2.05, 4.69) is 72.0 Å². The maximum absolute atomic E-state index is 6.01. The molecule has 0 unspecified atom stereocenters. The number of nitrogens with one attached hydrogen (secondary N) is 1. The fourth-order valence-electron chi connectivity index (χ4n) is 4.89. The zero-order valence-electron chi connectivity index (χ0n) is 19.8. The van der Waals surface area contributed by atoms with Gasteiger partial charge < -0.3 is 10.1 Å². The van der Waals surface area contributed by atoms with Gasteiger partial charge in [0, 0.05) is 28.9 Å². The van der Waals surface area contributed by atoms with Crippen molar-refractivity contribution in [1.29, 1.82) is 0 Å². The summed E-state index contributed by atoms with van der Waals surface area (Å²) in [6, 6.07) is 25.1. The van der Waals surface area contributed by atoms with Crippen LogP contribution in [-0.2, 0) is 12.8 Å². The minimum absolute atomic E-state index is 0.720. The number of benzene rings is 3. The predicted octanol–water partition coefficient (Wildman–Crippen LogP) is 7.66. The Bertz CT molecular complexity index is 1430. The Kier molecular flexibility index (Phi) is 6.33. The summed E-state index contributed by atoms with van der Waals surface area (Å²) in [5.41, 5.74) is 7.32. The third kappa shape index (κ3) is 4.73. The van der Waals surface area contributed by atoms with E-state index in [0.717, 1.165) is 66.2 Å². The summed E-state index contributed by atoms with van der Waals surface area (Å²) in [4.78, 5) is 9.69. The minimum atomic E-state index is 0.720. The Morgan fingerprint density at radius 3 is 2.49 bits per heavy atom. The number of hydrogen-bond acceptors (Lipinski definition) is 5. The average Bonchev–Trinajstić information content (AvgIpc) is 3.35. The Morgan fingerprint density at radius 1 is 0.800 bits per heavy atom. The van der Waals surface area contributed by atoms with E-state index in [0.29, 0.717) is 0 Å². The van der Waals surface area contributed by atoms with Gasteiger partial charge in [-0.1, -0.05) is 30.3 Å². The third-order valence-electron chi connectivity index (χ3n) is 6.71. The van der Waals surface area contributed by atoms with Crippen molar-refractivity contribution >= 4 is 38.1 Å². The van der Waals surface area contributed by atoms with Crippen LogP contribution in [0.25, 0.3) is 31.7 Å². The van der Waals surface area contributed by atoms with Gasteiger partial charge in [-0.3, -0.25) is 4.98 Å². The second-order valence-electron chi connectivity index (χ2n) is 9.13. The number of unbranched alkanes of at least 4 members (excludes halogenated alkanes) is 1. The van der Waals surface area contributed by atoms with Crippen LogP contribution in [-0.4, -0.2) is 23.1 Å². The van der Waals surface area contributed by atoms with Crippen LogP contribution < -0.4 is 10.1 Å². The normalized spacial score (nSPS) is 13.1. The number of rotatable bonds is 8.